The molecular weight excluding hydrogens is 308 g/mol. The highest BCUT2D eigenvalue weighted by Crippen LogP contribution is 2.31. The number of aromatic nitrogens is 4. The van der Waals surface area contributed by atoms with Crippen LogP contribution < -0.4 is 10.2 Å². The summed E-state index contributed by atoms with van der Waals surface area (Å²) in [6, 6.07) is 7.31. The summed E-state index contributed by atoms with van der Waals surface area (Å²) in [4.78, 5) is 16.8. The minimum atomic E-state index is -1.22. The molecule has 0 unspecified atom stereocenters. The SMILES string of the molecule is CN(c1ccccc1Cl)c1nccn2c(NC(=O)O)nnc12. The van der Waals surface area contributed by atoms with E-state index in [1.807, 2.05) is 18.2 Å². The van der Waals surface area contributed by atoms with Crippen molar-refractivity contribution in [2.45, 2.75) is 0 Å². The summed E-state index contributed by atoms with van der Waals surface area (Å²) in [5.74, 6) is 0.597. The van der Waals surface area contributed by atoms with Gasteiger partial charge in [0.25, 0.3) is 0 Å². The first-order valence-corrected chi connectivity index (χ1v) is 6.63. The number of halogens is 1. The van der Waals surface area contributed by atoms with E-state index >= 15 is 0 Å². The number of hydrogen-bond acceptors (Lipinski definition) is 5. The standard InChI is InChI=1S/C13H11ClN6O2/c1-19(9-5-3-2-4-8(9)14)10-11-17-18-12(16-13(21)22)20(11)7-6-15-10/h2-7H,1H3,(H,16,18)(H,21,22). The van der Waals surface area contributed by atoms with Gasteiger partial charge in [0.2, 0.25) is 11.6 Å². The second-order valence-electron chi connectivity index (χ2n) is 4.41. The number of nitrogens with zero attached hydrogens (tertiary/aromatic N) is 5. The number of carbonyl (C=O) groups is 1. The van der Waals surface area contributed by atoms with E-state index in [4.69, 9.17) is 16.7 Å². The van der Waals surface area contributed by atoms with E-state index in [1.165, 1.54) is 10.6 Å². The molecule has 8 nitrogen and oxygen atoms in total. The van der Waals surface area contributed by atoms with Crippen LogP contribution in [0.4, 0.5) is 22.2 Å². The first-order valence-electron chi connectivity index (χ1n) is 6.26. The van der Waals surface area contributed by atoms with Crippen molar-refractivity contribution >= 4 is 40.8 Å². The minimum absolute atomic E-state index is 0.0960. The van der Waals surface area contributed by atoms with Gasteiger partial charge in [0.1, 0.15) is 0 Å². The largest absolute Gasteiger partial charge is 0.465 e. The van der Waals surface area contributed by atoms with Crippen LogP contribution in [0.25, 0.3) is 5.65 Å². The van der Waals surface area contributed by atoms with E-state index in [9.17, 15) is 4.79 Å². The third-order valence-corrected chi connectivity index (χ3v) is 3.38. The molecule has 112 valence electrons. The molecule has 1 aromatic carbocycles. The summed E-state index contributed by atoms with van der Waals surface area (Å²) in [5, 5.41) is 19.4. The van der Waals surface area contributed by atoms with Gasteiger partial charge in [0.15, 0.2) is 5.82 Å². The fourth-order valence-corrected chi connectivity index (χ4v) is 2.33. The maximum Gasteiger partial charge on any atom is 0.411 e. The van der Waals surface area contributed by atoms with Gasteiger partial charge in [-0.25, -0.2) is 9.78 Å². The van der Waals surface area contributed by atoms with Crippen molar-refractivity contribution in [3.63, 3.8) is 0 Å². The highest BCUT2D eigenvalue weighted by molar-refractivity contribution is 6.33. The first kappa shape index (κ1) is 14.1. The van der Waals surface area contributed by atoms with Crippen LogP contribution in [0.5, 0.6) is 0 Å². The Morgan fingerprint density at radius 3 is 2.86 bits per heavy atom. The maximum atomic E-state index is 10.8. The lowest BCUT2D eigenvalue weighted by Crippen LogP contribution is -2.14. The fourth-order valence-electron chi connectivity index (χ4n) is 2.07. The smallest absolute Gasteiger partial charge is 0.411 e. The zero-order valence-electron chi connectivity index (χ0n) is 11.4. The third-order valence-electron chi connectivity index (χ3n) is 3.06. The Morgan fingerprint density at radius 2 is 2.14 bits per heavy atom. The molecule has 2 N–H and O–H groups in total. The topological polar surface area (TPSA) is 95.7 Å². The van der Waals surface area contributed by atoms with Crippen molar-refractivity contribution < 1.29 is 9.90 Å². The number of nitrogens with one attached hydrogen (secondary N) is 1. The molecule has 0 saturated heterocycles. The van der Waals surface area contributed by atoms with Crippen molar-refractivity contribution in [1.82, 2.24) is 19.6 Å². The Balaban J connectivity index is 2.10. The van der Waals surface area contributed by atoms with Gasteiger partial charge < -0.3 is 10.0 Å². The molecule has 0 radical (unpaired) electrons. The first-order chi connectivity index (χ1) is 10.6. The molecule has 2 aromatic heterocycles. The van der Waals surface area contributed by atoms with E-state index in [2.05, 4.69) is 20.5 Å². The number of carboxylic acid groups (broad SMARTS) is 1. The molecule has 0 bridgehead atoms. The van der Waals surface area contributed by atoms with E-state index in [0.717, 1.165) is 5.69 Å². The molecule has 9 heteroatoms. The predicted octanol–water partition coefficient (Wildman–Crippen LogP) is 2.64. The quantitative estimate of drug-likeness (QED) is 0.770. The van der Waals surface area contributed by atoms with Crippen molar-refractivity contribution in [2.75, 3.05) is 17.3 Å². The molecule has 1 amide bonds. The number of benzene rings is 1. The molecule has 0 aliphatic carbocycles. The van der Waals surface area contributed by atoms with Gasteiger partial charge in [0.05, 0.1) is 10.7 Å². The Labute approximate surface area is 130 Å². The van der Waals surface area contributed by atoms with Gasteiger partial charge >= 0.3 is 6.09 Å². The Morgan fingerprint density at radius 1 is 1.36 bits per heavy atom. The molecular formula is C13H11ClN6O2. The second-order valence-corrected chi connectivity index (χ2v) is 4.82. The zero-order chi connectivity index (χ0) is 15.7. The van der Waals surface area contributed by atoms with E-state index in [-0.39, 0.29) is 5.95 Å². The third kappa shape index (κ3) is 2.40. The fraction of sp³-hybridized carbons (Fsp3) is 0.0769. The minimum Gasteiger partial charge on any atom is -0.465 e. The molecule has 0 fully saturated rings. The zero-order valence-corrected chi connectivity index (χ0v) is 12.2. The monoisotopic (exact) mass is 318 g/mol. The molecule has 0 atom stereocenters. The van der Waals surface area contributed by atoms with Crippen LogP contribution in [0.15, 0.2) is 36.7 Å². The molecule has 0 aliphatic rings. The van der Waals surface area contributed by atoms with Gasteiger partial charge in [-0.15, -0.1) is 10.2 Å². The van der Waals surface area contributed by atoms with Gasteiger partial charge in [0, 0.05) is 19.4 Å². The number of para-hydroxylation sites is 1. The summed E-state index contributed by atoms with van der Waals surface area (Å²) >= 11 is 6.19. The Bertz CT molecular complexity index is 849. The van der Waals surface area contributed by atoms with Crippen LogP contribution in [-0.2, 0) is 0 Å². The average molecular weight is 319 g/mol. The Hall–Kier alpha value is -2.87. The number of fused-ring (bicyclic) bond motifs is 1. The van der Waals surface area contributed by atoms with Crippen molar-refractivity contribution in [3.8, 4) is 0 Å². The van der Waals surface area contributed by atoms with Crippen LogP contribution in [0, 0.1) is 0 Å². The summed E-state index contributed by atoms with van der Waals surface area (Å²) in [5.41, 5.74) is 1.16. The highest BCUT2D eigenvalue weighted by Gasteiger charge is 2.17. The lowest BCUT2D eigenvalue weighted by Gasteiger charge is -2.19. The second kappa shape index (κ2) is 5.49. The lowest BCUT2D eigenvalue weighted by molar-refractivity contribution is 0.209. The van der Waals surface area contributed by atoms with Gasteiger partial charge in [-0.2, -0.15) is 0 Å². The maximum absolute atomic E-state index is 10.8. The number of anilines is 3. The van der Waals surface area contributed by atoms with E-state index in [1.54, 1.807) is 24.2 Å². The van der Waals surface area contributed by atoms with Crippen molar-refractivity contribution in [2.24, 2.45) is 0 Å². The van der Waals surface area contributed by atoms with E-state index in [0.29, 0.717) is 16.5 Å². The van der Waals surface area contributed by atoms with Crippen LogP contribution in [0.3, 0.4) is 0 Å². The number of rotatable bonds is 3. The molecule has 3 rings (SSSR count). The molecule has 0 spiro atoms. The number of hydrogen-bond donors (Lipinski definition) is 2. The van der Waals surface area contributed by atoms with E-state index < -0.39 is 6.09 Å². The van der Waals surface area contributed by atoms with Gasteiger partial charge in [-0.1, -0.05) is 23.7 Å². The predicted molar refractivity (Wildman–Crippen MR) is 81.9 cm³/mol. The van der Waals surface area contributed by atoms with Gasteiger partial charge in [-0.3, -0.25) is 9.72 Å². The molecule has 3 aromatic rings. The van der Waals surface area contributed by atoms with Crippen molar-refractivity contribution in [1.29, 1.82) is 0 Å². The highest BCUT2D eigenvalue weighted by atomic mass is 35.5. The average Bonchev–Trinajstić information content (AvgIpc) is 2.89. The van der Waals surface area contributed by atoms with Gasteiger partial charge in [-0.05, 0) is 12.1 Å². The molecule has 22 heavy (non-hydrogen) atoms. The molecule has 0 aliphatic heterocycles. The molecule has 0 saturated carbocycles. The summed E-state index contributed by atoms with van der Waals surface area (Å²) in [6.07, 6.45) is 1.89. The Kier molecular flexibility index (Phi) is 3.51. The summed E-state index contributed by atoms with van der Waals surface area (Å²) in [7, 11) is 1.79. The molecule has 2 heterocycles. The normalized spacial score (nSPS) is 10.6. The summed E-state index contributed by atoms with van der Waals surface area (Å²) in [6.45, 7) is 0. The number of amides is 1. The van der Waals surface area contributed by atoms with Crippen LogP contribution in [0.2, 0.25) is 5.02 Å². The van der Waals surface area contributed by atoms with Crippen LogP contribution in [-0.4, -0.2) is 37.8 Å². The van der Waals surface area contributed by atoms with Crippen LogP contribution >= 0.6 is 11.6 Å². The summed E-state index contributed by atoms with van der Waals surface area (Å²) < 4.78 is 1.50. The van der Waals surface area contributed by atoms with Crippen LogP contribution in [0.1, 0.15) is 0 Å². The van der Waals surface area contributed by atoms with Crippen molar-refractivity contribution in [3.05, 3.63) is 41.7 Å². The lowest BCUT2D eigenvalue weighted by atomic mass is 10.3.